The van der Waals surface area contributed by atoms with Gasteiger partial charge in [-0.05, 0) is 92.5 Å². The zero-order valence-electron chi connectivity index (χ0n) is 23.9. The van der Waals surface area contributed by atoms with Crippen molar-refractivity contribution in [2.24, 2.45) is 5.73 Å². The van der Waals surface area contributed by atoms with Gasteiger partial charge in [-0.3, -0.25) is 14.4 Å². The number of carbonyl (C=O) groups is 3. The third-order valence-corrected chi connectivity index (χ3v) is 8.56. The molecular formula is C33H40N4O4. The van der Waals surface area contributed by atoms with Crippen molar-refractivity contribution >= 4 is 23.3 Å². The van der Waals surface area contributed by atoms with Crippen molar-refractivity contribution in [3.63, 3.8) is 0 Å². The van der Waals surface area contributed by atoms with Crippen LogP contribution in [0.25, 0.3) is 0 Å². The zero-order valence-corrected chi connectivity index (χ0v) is 23.9. The fraction of sp³-hybridized carbons (Fsp3) is 0.424. The van der Waals surface area contributed by atoms with Crippen LogP contribution in [0.2, 0.25) is 0 Å². The smallest absolute Gasteiger partial charge is 0.251 e. The second kappa shape index (κ2) is 12.7. The molecule has 1 saturated heterocycles. The summed E-state index contributed by atoms with van der Waals surface area (Å²) in [4.78, 5) is 41.6. The van der Waals surface area contributed by atoms with E-state index < -0.39 is 12.1 Å². The molecule has 1 aliphatic carbocycles. The first-order valence-corrected chi connectivity index (χ1v) is 14.7. The van der Waals surface area contributed by atoms with Crippen molar-refractivity contribution in [2.75, 3.05) is 18.0 Å². The Labute approximate surface area is 241 Å². The molecule has 0 unspecified atom stereocenters. The van der Waals surface area contributed by atoms with Gasteiger partial charge in [0.05, 0.1) is 12.3 Å². The summed E-state index contributed by atoms with van der Waals surface area (Å²) < 4.78 is 5.35. The van der Waals surface area contributed by atoms with Crippen molar-refractivity contribution in [1.82, 2.24) is 10.6 Å². The molecule has 2 aromatic carbocycles. The first kappa shape index (κ1) is 28.6. The highest BCUT2D eigenvalue weighted by Gasteiger charge is 2.30. The number of para-hydroxylation sites is 1. The van der Waals surface area contributed by atoms with Gasteiger partial charge in [0.15, 0.2) is 5.76 Å². The lowest BCUT2D eigenvalue weighted by molar-refractivity contribution is -0.123. The van der Waals surface area contributed by atoms with Crippen molar-refractivity contribution in [3.8, 4) is 0 Å². The lowest BCUT2D eigenvalue weighted by Crippen LogP contribution is -2.47. The molecule has 4 N–H and O–H groups in total. The highest BCUT2D eigenvalue weighted by molar-refractivity contribution is 6.00. The molecule has 0 spiro atoms. The van der Waals surface area contributed by atoms with Crippen LogP contribution in [0.3, 0.4) is 0 Å². The van der Waals surface area contributed by atoms with Gasteiger partial charge >= 0.3 is 0 Å². The van der Waals surface area contributed by atoms with Crippen LogP contribution in [-0.2, 0) is 4.79 Å². The van der Waals surface area contributed by atoms with E-state index in [0.717, 1.165) is 57.2 Å². The maximum absolute atomic E-state index is 13.2. The van der Waals surface area contributed by atoms with E-state index in [1.165, 1.54) is 17.5 Å². The Bertz CT molecular complexity index is 1370. The fourth-order valence-corrected chi connectivity index (χ4v) is 6.16. The maximum atomic E-state index is 13.2. The number of rotatable bonds is 9. The van der Waals surface area contributed by atoms with E-state index >= 15 is 0 Å². The minimum Gasteiger partial charge on any atom is -0.461 e. The van der Waals surface area contributed by atoms with Crippen molar-refractivity contribution in [1.29, 1.82) is 0 Å². The van der Waals surface area contributed by atoms with E-state index in [4.69, 9.17) is 10.2 Å². The topological polar surface area (TPSA) is 118 Å². The van der Waals surface area contributed by atoms with Crippen molar-refractivity contribution < 1.29 is 18.8 Å². The van der Waals surface area contributed by atoms with Crippen LogP contribution in [-0.4, -0.2) is 42.8 Å². The Hall–Kier alpha value is -3.91. The Morgan fingerprint density at radius 1 is 0.976 bits per heavy atom. The average Bonchev–Trinajstić information content (AvgIpc) is 3.71. The van der Waals surface area contributed by atoms with Gasteiger partial charge in [-0.25, -0.2) is 0 Å². The number of ketones is 1. The minimum atomic E-state index is -0.985. The summed E-state index contributed by atoms with van der Waals surface area (Å²) >= 11 is 0. The van der Waals surface area contributed by atoms with Gasteiger partial charge in [-0.1, -0.05) is 37.1 Å². The van der Waals surface area contributed by atoms with Gasteiger partial charge in [-0.15, -0.1) is 0 Å². The van der Waals surface area contributed by atoms with E-state index in [0.29, 0.717) is 11.1 Å². The molecule has 2 aliphatic rings. The fourth-order valence-electron chi connectivity index (χ4n) is 6.16. The number of furan rings is 1. The molecule has 1 aromatic heterocycles. The number of hydrogen-bond acceptors (Lipinski definition) is 6. The molecule has 41 heavy (non-hydrogen) atoms. The molecule has 0 radical (unpaired) electrons. The number of benzene rings is 2. The molecule has 8 heteroatoms. The first-order chi connectivity index (χ1) is 19.8. The average molecular weight is 557 g/mol. The van der Waals surface area contributed by atoms with Gasteiger partial charge in [-0.2, -0.15) is 0 Å². The van der Waals surface area contributed by atoms with Crippen LogP contribution in [0, 0.1) is 6.92 Å². The number of amides is 2. The van der Waals surface area contributed by atoms with Gasteiger partial charge in [0.1, 0.15) is 6.04 Å². The summed E-state index contributed by atoms with van der Waals surface area (Å²) in [6.07, 6.45) is 7.42. The molecule has 0 bridgehead atoms. The van der Waals surface area contributed by atoms with Crippen LogP contribution in [0.15, 0.2) is 65.3 Å². The second-order valence-electron chi connectivity index (χ2n) is 11.4. The third kappa shape index (κ3) is 6.54. The lowest BCUT2D eigenvalue weighted by atomic mass is 9.82. The molecular weight excluding hydrogens is 516 g/mol. The van der Waals surface area contributed by atoms with Gasteiger partial charge in [0.2, 0.25) is 11.7 Å². The number of hydrogen-bond donors (Lipinski definition) is 3. The van der Waals surface area contributed by atoms with Crippen LogP contribution in [0.1, 0.15) is 95.0 Å². The number of piperidine rings is 1. The predicted molar refractivity (Wildman–Crippen MR) is 159 cm³/mol. The quantitative estimate of drug-likeness (QED) is 0.318. The summed E-state index contributed by atoms with van der Waals surface area (Å²) in [6.45, 7) is 5.58. The SMILES string of the molecule is Cc1ccccc1N1CCC(c2ccc(C(=O)N[C@@H](C)C(=O)NC3CCCC3)cc2[C@H](N)C(=O)c2ccco2)CC1. The largest absolute Gasteiger partial charge is 0.461 e. The molecule has 1 aliphatic heterocycles. The number of nitrogens with one attached hydrogen (secondary N) is 2. The van der Waals surface area contributed by atoms with Crippen LogP contribution >= 0.6 is 0 Å². The predicted octanol–water partition coefficient (Wildman–Crippen LogP) is 5.03. The second-order valence-corrected chi connectivity index (χ2v) is 11.4. The third-order valence-electron chi connectivity index (χ3n) is 8.56. The van der Waals surface area contributed by atoms with Gasteiger partial charge < -0.3 is 25.7 Å². The monoisotopic (exact) mass is 556 g/mol. The summed E-state index contributed by atoms with van der Waals surface area (Å²) in [5.74, 6) is -0.527. The number of nitrogens with two attached hydrogens (primary N) is 1. The van der Waals surface area contributed by atoms with E-state index in [-0.39, 0.29) is 35.3 Å². The molecule has 2 amide bonds. The number of aryl methyl sites for hydroxylation is 1. The summed E-state index contributed by atoms with van der Waals surface area (Å²) in [7, 11) is 0. The lowest BCUT2D eigenvalue weighted by Gasteiger charge is -2.35. The van der Waals surface area contributed by atoms with Crippen molar-refractivity contribution in [2.45, 2.75) is 76.4 Å². The van der Waals surface area contributed by atoms with E-state index in [9.17, 15) is 14.4 Å². The Balaban J connectivity index is 1.35. The molecule has 3 aromatic rings. The van der Waals surface area contributed by atoms with E-state index in [1.54, 1.807) is 31.2 Å². The molecule has 2 fully saturated rings. The summed E-state index contributed by atoms with van der Waals surface area (Å²) in [5.41, 5.74) is 11.0. The summed E-state index contributed by atoms with van der Waals surface area (Å²) in [6, 6.07) is 15.6. The molecule has 1 saturated carbocycles. The number of Topliss-reactive ketones (excluding diaryl/α,β-unsaturated/α-hetero) is 1. The van der Waals surface area contributed by atoms with Crippen LogP contribution in [0.4, 0.5) is 5.69 Å². The minimum absolute atomic E-state index is 0.176. The van der Waals surface area contributed by atoms with Crippen LogP contribution < -0.4 is 21.3 Å². The molecule has 2 atom stereocenters. The Kier molecular flexibility index (Phi) is 8.88. The maximum Gasteiger partial charge on any atom is 0.251 e. The molecule has 2 heterocycles. The standard InChI is InChI=1S/C33H40N4O4/c1-21-8-3-6-11-28(21)37-17-15-23(16-18-37)26-14-13-24(20-27(26)30(34)31(38)29-12-7-19-41-29)33(40)35-22(2)32(39)36-25-9-4-5-10-25/h3,6-8,11-14,19-20,22-23,25,30H,4-5,9-10,15-18,34H2,1-2H3,(H,35,40)(H,36,39)/t22-,30-/m0/s1. The number of anilines is 1. The zero-order chi connectivity index (χ0) is 28.9. The van der Waals surface area contributed by atoms with Gasteiger partial charge in [0.25, 0.3) is 5.91 Å². The number of nitrogens with zero attached hydrogens (tertiary/aromatic N) is 1. The normalized spacial score (nSPS) is 17.7. The highest BCUT2D eigenvalue weighted by Crippen LogP contribution is 2.36. The molecule has 8 nitrogen and oxygen atoms in total. The highest BCUT2D eigenvalue weighted by atomic mass is 16.3. The molecule has 216 valence electrons. The summed E-state index contributed by atoms with van der Waals surface area (Å²) in [5, 5.41) is 5.85. The molecule has 5 rings (SSSR count). The first-order valence-electron chi connectivity index (χ1n) is 14.7. The van der Waals surface area contributed by atoms with Crippen molar-refractivity contribution in [3.05, 3.63) is 88.9 Å². The Morgan fingerprint density at radius 3 is 2.39 bits per heavy atom. The van der Waals surface area contributed by atoms with E-state index in [1.807, 2.05) is 6.07 Å². The number of carbonyl (C=O) groups excluding carboxylic acids is 3. The van der Waals surface area contributed by atoms with Crippen LogP contribution in [0.5, 0.6) is 0 Å². The van der Waals surface area contributed by atoms with E-state index in [2.05, 4.69) is 46.7 Å². The Morgan fingerprint density at radius 2 is 1.71 bits per heavy atom. The van der Waals surface area contributed by atoms with Gasteiger partial charge in [0, 0.05) is 30.4 Å².